The second kappa shape index (κ2) is 6.64. The van der Waals surface area contributed by atoms with Crippen LogP contribution in [0.1, 0.15) is 5.69 Å². The summed E-state index contributed by atoms with van der Waals surface area (Å²) in [4.78, 5) is 12.3. The number of hydrogen-bond donors (Lipinski definition) is 1. The highest BCUT2D eigenvalue weighted by Gasteiger charge is 2.16. The van der Waals surface area contributed by atoms with Crippen LogP contribution in [-0.2, 0) is 0 Å². The summed E-state index contributed by atoms with van der Waals surface area (Å²) in [5, 5.41) is 6.86. The maximum atomic E-state index is 14.5. The molecule has 1 aromatic carbocycles. The lowest BCUT2D eigenvalue weighted by Crippen LogP contribution is -1.97. The molecular weight excluding hydrogens is 355 g/mol. The summed E-state index contributed by atoms with van der Waals surface area (Å²) >= 11 is 0. The van der Waals surface area contributed by atoms with Gasteiger partial charge in [0.25, 0.3) is 0 Å². The molecule has 0 aliphatic heterocycles. The highest BCUT2D eigenvalue weighted by molar-refractivity contribution is 5.69. The molecule has 0 unspecified atom stereocenters. The van der Waals surface area contributed by atoms with E-state index >= 15 is 0 Å². The van der Waals surface area contributed by atoms with Gasteiger partial charge in [0.1, 0.15) is 17.3 Å². The van der Waals surface area contributed by atoms with Crippen molar-refractivity contribution in [3.8, 4) is 34.0 Å². The Balaban J connectivity index is 1.78. The normalized spacial score (nSPS) is 11.0. The summed E-state index contributed by atoms with van der Waals surface area (Å²) < 4.78 is 41.1. The van der Waals surface area contributed by atoms with Crippen LogP contribution >= 0.6 is 0 Å². The number of halogens is 3. The largest absolute Gasteiger partial charge is 0.261 e. The molecule has 0 amide bonds. The van der Waals surface area contributed by atoms with Crippen LogP contribution < -0.4 is 0 Å². The Morgan fingerprint density at radius 1 is 0.852 bits per heavy atom. The van der Waals surface area contributed by atoms with E-state index in [1.165, 1.54) is 37.4 Å². The van der Waals surface area contributed by atoms with E-state index in [2.05, 4.69) is 25.1 Å². The highest BCUT2D eigenvalue weighted by atomic mass is 19.1. The van der Waals surface area contributed by atoms with Crippen molar-refractivity contribution in [3.05, 3.63) is 71.9 Å². The monoisotopic (exact) mass is 367 g/mol. The molecular formula is C19H12F3N5. The van der Waals surface area contributed by atoms with Gasteiger partial charge in [0.2, 0.25) is 0 Å². The van der Waals surface area contributed by atoms with Crippen LogP contribution in [0.3, 0.4) is 0 Å². The van der Waals surface area contributed by atoms with E-state index in [4.69, 9.17) is 0 Å². The molecule has 0 atom stereocenters. The number of pyridine rings is 2. The molecule has 0 aliphatic rings. The second-order valence-corrected chi connectivity index (χ2v) is 5.86. The van der Waals surface area contributed by atoms with Crippen molar-refractivity contribution in [2.45, 2.75) is 6.92 Å². The fourth-order valence-electron chi connectivity index (χ4n) is 2.65. The van der Waals surface area contributed by atoms with E-state index < -0.39 is 11.6 Å². The molecule has 0 radical (unpaired) electrons. The van der Waals surface area contributed by atoms with Crippen molar-refractivity contribution >= 4 is 0 Å². The first-order valence-corrected chi connectivity index (χ1v) is 7.98. The molecule has 4 aromatic rings. The number of aromatic nitrogens is 5. The minimum atomic E-state index is -0.570. The van der Waals surface area contributed by atoms with E-state index in [0.717, 1.165) is 6.20 Å². The number of rotatable bonds is 3. The highest BCUT2D eigenvalue weighted by Crippen LogP contribution is 2.28. The minimum absolute atomic E-state index is 0.125. The molecule has 0 bridgehead atoms. The first-order chi connectivity index (χ1) is 13.0. The molecule has 4 rings (SSSR count). The van der Waals surface area contributed by atoms with Gasteiger partial charge in [-0.3, -0.25) is 10.1 Å². The molecule has 8 heteroatoms. The number of benzene rings is 1. The maximum Gasteiger partial charge on any atom is 0.200 e. The van der Waals surface area contributed by atoms with E-state index in [1.807, 2.05) is 0 Å². The molecule has 3 heterocycles. The minimum Gasteiger partial charge on any atom is -0.261 e. The smallest absolute Gasteiger partial charge is 0.200 e. The third-order valence-corrected chi connectivity index (χ3v) is 3.97. The molecule has 0 spiro atoms. The van der Waals surface area contributed by atoms with Crippen molar-refractivity contribution in [1.82, 2.24) is 25.1 Å². The van der Waals surface area contributed by atoms with Crippen LogP contribution in [0.25, 0.3) is 34.0 Å². The number of nitrogens with zero attached hydrogens (tertiary/aromatic N) is 4. The Morgan fingerprint density at radius 3 is 2.37 bits per heavy atom. The van der Waals surface area contributed by atoms with Crippen molar-refractivity contribution in [1.29, 1.82) is 0 Å². The van der Waals surface area contributed by atoms with Crippen LogP contribution in [0.2, 0.25) is 0 Å². The average Bonchev–Trinajstić information content (AvgIpc) is 3.14. The summed E-state index contributed by atoms with van der Waals surface area (Å²) in [6.07, 6.45) is 2.41. The average molecular weight is 367 g/mol. The third-order valence-electron chi connectivity index (χ3n) is 3.97. The van der Waals surface area contributed by atoms with E-state index in [1.54, 1.807) is 12.1 Å². The molecule has 0 saturated heterocycles. The zero-order valence-electron chi connectivity index (χ0n) is 14.0. The van der Waals surface area contributed by atoms with Crippen molar-refractivity contribution in [2.75, 3.05) is 0 Å². The van der Waals surface area contributed by atoms with Crippen LogP contribution in [0.4, 0.5) is 13.2 Å². The summed E-state index contributed by atoms with van der Waals surface area (Å²) in [6, 6.07) is 8.38. The van der Waals surface area contributed by atoms with Crippen LogP contribution in [0.5, 0.6) is 0 Å². The van der Waals surface area contributed by atoms with Gasteiger partial charge in [-0.25, -0.2) is 23.1 Å². The molecule has 134 valence electrons. The molecule has 0 fully saturated rings. The van der Waals surface area contributed by atoms with Gasteiger partial charge in [-0.05, 0) is 43.3 Å². The Kier molecular flexibility index (Phi) is 4.15. The van der Waals surface area contributed by atoms with Gasteiger partial charge in [0, 0.05) is 22.9 Å². The molecule has 3 aromatic heterocycles. The van der Waals surface area contributed by atoms with E-state index in [0.29, 0.717) is 17.1 Å². The van der Waals surface area contributed by atoms with Gasteiger partial charge in [-0.1, -0.05) is 0 Å². The Bertz CT molecular complexity index is 1120. The standard InChI is InChI=1S/C19H12F3N5/c1-10-17(22)15(12-6-14(21)9-23-8-12)7-16(24-10)19-25-18(26-27-19)11-2-4-13(20)5-3-11/h2-9H,1H3,(H,25,26,27). The number of aryl methyl sites for hydroxylation is 1. The lowest BCUT2D eigenvalue weighted by Gasteiger charge is -2.07. The lowest BCUT2D eigenvalue weighted by molar-refractivity contribution is 0.611. The Morgan fingerprint density at radius 2 is 1.63 bits per heavy atom. The van der Waals surface area contributed by atoms with Crippen molar-refractivity contribution in [3.63, 3.8) is 0 Å². The first-order valence-electron chi connectivity index (χ1n) is 7.98. The number of aromatic amines is 1. The van der Waals surface area contributed by atoms with E-state index in [-0.39, 0.29) is 28.5 Å². The third kappa shape index (κ3) is 3.29. The van der Waals surface area contributed by atoms with Gasteiger partial charge >= 0.3 is 0 Å². The first kappa shape index (κ1) is 16.9. The molecule has 0 aliphatic carbocycles. The van der Waals surface area contributed by atoms with Gasteiger partial charge in [-0.2, -0.15) is 5.10 Å². The van der Waals surface area contributed by atoms with Gasteiger partial charge < -0.3 is 0 Å². The summed E-state index contributed by atoms with van der Waals surface area (Å²) in [5.74, 6) is -0.840. The van der Waals surface area contributed by atoms with Gasteiger partial charge in [0.05, 0.1) is 11.9 Å². The van der Waals surface area contributed by atoms with E-state index in [9.17, 15) is 13.2 Å². The summed E-state index contributed by atoms with van der Waals surface area (Å²) in [7, 11) is 0. The molecule has 5 nitrogen and oxygen atoms in total. The SMILES string of the molecule is Cc1nc(-c2n[nH]c(-c3ccc(F)cc3)n2)cc(-c2cncc(F)c2)c1F. The second-order valence-electron chi connectivity index (χ2n) is 5.86. The number of H-pyrrole nitrogens is 1. The molecule has 27 heavy (non-hydrogen) atoms. The number of hydrogen-bond acceptors (Lipinski definition) is 4. The molecule has 0 saturated carbocycles. The van der Waals surface area contributed by atoms with Gasteiger partial charge in [-0.15, -0.1) is 0 Å². The van der Waals surface area contributed by atoms with Crippen LogP contribution in [0.15, 0.2) is 48.8 Å². The fourth-order valence-corrected chi connectivity index (χ4v) is 2.65. The van der Waals surface area contributed by atoms with Gasteiger partial charge in [0.15, 0.2) is 17.5 Å². The zero-order valence-corrected chi connectivity index (χ0v) is 14.0. The predicted molar refractivity (Wildman–Crippen MR) is 92.9 cm³/mol. The molecule has 1 N–H and O–H groups in total. The Labute approximate surface area is 152 Å². The topological polar surface area (TPSA) is 67.3 Å². The van der Waals surface area contributed by atoms with Crippen LogP contribution in [0, 0.1) is 24.4 Å². The zero-order chi connectivity index (χ0) is 19.0. The lowest BCUT2D eigenvalue weighted by atomic mass is 10.1. The van der Waals surface area contributed by atoms with Crippen molar-refractivity contribution in [2.24, 2.45) is 0 Å². The number of nitrogens with one attached hydrogen (secondary N) is 1. The fraction of sp³-hybridized carbons (Fsp3) is 0.0526. The van der Waals surface area contributed by atoms with Crippen molar-refractivity contribution < 1.29 is 13.2 Å². The summed E-state index contributed by atoms with van der Waals surface area (Å²) in [5.41, 5.74) is 1.52. The Hall–Kier alpha value is -3.55. The summed E-state index contributed by atoms with van der Waals surface area (Å²) in [6.45, 7) is 1.50. The predicted octanol–water partition coefficient (Wildman–Crippen LogP) is 4.32. The van der Waals surface area contributed by atoms with Crippen LogP contribution in [-0.4, -0.2) is 25.1 Å². The maximum absolute atomic E-state index is 14.5. The quantitative estimate of drug-likeness (QED) is 0.586.